The fourth-order valence-corrected chi connectivity index (χ4v) is 4.72. The van der Waals surface area contributed by atoms with Crippen molar-refractivity contribution >= 4 is 23.3 Å². The Balaban J connectivity index is 1.40. The topological polar surface area (TPSA) is 45.2 Å². The molecule has 2 aliphatic heterocycles. The zero-order chi connectivity index (χ0) is 26.9. The monoisotopic (exact) mass is 543 g/mol. The van der Waals surface area contributed by atoms with Gasteiger partial charge in [0.1, 0.15) is 18.1 Å². The van der Waals surface area contributed by atoms with E-state index in [-0.39, 0.29) is 12.6 Å². The molecule has 0 N–H and O–H groups in total. The minimum atomic E-state index is -4.49. The molecule has 1 atom stereocenters. The second-order valence-corrected chi connectivity index (χ2v) is 9.45. The molecule has 2 aliphatic rings. The van der Waals surface area contributed by atoms with E-state index < -0.39 is 17.8 Å². The van der Waals surface area contributed by atoms with Gasteiger partial charge in [-0.3, -0.25) is 4.90 Å². The third-order valence-corrected chi connectivity index (χ3v) is 6.82. The molecule has 3 aromatic rings. The molecule has 0 aliphatic carbocycles. The van der Waals surface area contributed by atoms with Crippen LogP contribution in [0.5, 0.6) is 11.5 Å². The lowest BCUT2D eigenvalue weighted by Crippen LogP contribution is -2.37. The lowest BCUT2D eigenvalue weighted by atomic mass is 10.0. The molecule has 2 saturated heterocycles. The van der Waals surface area contributed by atoms with Gasteiger partial charge in [0.25, 0.3) is 0 Å². The number of benzene rings is 3. The molecule has 0 bridgehead atoms. The van der Waals surface area contributed by atoms with E-state index in [9.17, 15) is 18.0 Å². The molecular weight excluding hydrogens is 519 g/mol. The van der Waals surface area contributed by atoms with Crippen LogP contribution in [0, 0.1) is 0 Å². The maximum absolute atomic E-state index is 13.6. The number of ether oxygens (including phenoxy) is 2. The molecule has 10 heteroatoms. The Morgan fingerprint density at radius 1 is 0.974 bits per heavy atom. The van der Waals surface area contributed by atoms with E-state index in [1.54, 1.807) is 59.5 Å². The zero-order valence-electron chi connectivity index (χ0n) is 20.3. The smallest absolute Gasteiger partial charge is 0.416 e. The average Bonchev–Trinajstić information content (AvgIpc) is 3.46. The van der Waals surface area contributed by atoms with Gasteiger partial charge >= 0.3 is 12.2 Å². The van der Waals surface area contributed by atoms with Crippen LogP contribution in [0.2, 0.25) is 5.02 Å². The van der Waals surface area contributed by atoms with Crippen LogP contribution in [0.3, 0.4) is 0 Å². The summed E-state index contributed by atoms with van der Waals surface area (Å²) in [6.07, 6.45) is -4.49. The summed E-state index contributed by atoms with van der Waals surface area (Å²) in [5, 5.41) is 0.590. The fraction of sp³-hybridized carbons (Fsp3) is 0.250. The Kier molecular flexibility index (Phi) is 7.12. The molecule has 38 heavy (non-hydrogen) atoms. The number of hydrogen-bond donors (Lipinski definition) is 0. The van der Waals surface area contributed by atoms with Crippen molar-refractivity contribution in [1.82, 2.24) is 9.80 Å². The Hall–Kier alpha value is -3.85. The lowest BCUT2D eigenvalue weighted by molar-refractivity contribution is -0.137. The second kappa shape index (κ2) is 10.5. The van der Waals surface area contributed by atoms with Gasteiger partial charge in [0.15, 0.2) is 5.88 Å². The van der Waals surface area contributed by atoms with Crippen molar-refractivity contribution < 1.29 is 27.4 Å². The summed E-state index contributed by atoms with van der Waals surface area (Å²) in [4.78, 5) is 18.7. The largest absolute Gasteiger partial charge is 0.478 e. The number of carbonyl (C=O) groups excluding carboxylic acids is 1. The molecule has 3 aromatic carbocycles. The highest BCUT2D eigenvalue weighted by Gasteiger charge is 2.40. The molecule has 2 heterocycles. The van der Waals surface area contributed by atoms with Gasteiger partial charge < -0.3 is 19.3 Å². The van der Waals surface area contributed by atoms with E-state index in [0.717, 1.165) is 12.1 Å². The normalized spacial score (nSPS) is 17.8. The van der Waals surface area contributed by atoms with Crippen molar-refractivity contribution in [3.05, 3.63) is 101 Å². The van der Waals surface area contributed by atoms with Crippen molar-refractivity contribution in [2.75, 3.05) is 37.7 Å². The van der Waals surface area contributed by atoms with Gasteiger partial charge in [-0.2, -0.15) is 13.2 Å². The highest BCUT2D eigenvalue weighted by molar-refractivity contribution is 6.30. The maximum Gasteiger partial charge on any atom is 0.416 e. The number of hydrogen-bond acceptors (Lipinski definition) is 4. The molecular formula is C28H25ClF3N3O3. The number of rotatable bonds is 7. The predicted molar refractivity (Wildman–Crippen MR) is 138 cm³/mol. The van der Waals surface area contributed by atoms with Crippen LogP contribution < -0.4 is 9.64 Å². The summed E-state index contributed by atoms with van der Waals surface area (Å²) in [7, 11) is 0. The second-order valence-electron chi connectivity index (χ2n) is 9.02. The van der Waals surface area contributed by atoms with Gasteiger partial charge in [0.05, 0.1) is 18.2 Å². The Bertz CT molecular complexity index is 1320. The first-order chi connectivity index (χ1) is 18.2. The van der Waals surface area contributed by atoms with Crippen LogP contribution in [-0.2, 0) is 10.9 Å². The summed E-state index contributed by atoms with van der Waals surface area (Å²) < 4.78 is 51.6. The quantitative estimate of drug-likeness (QED) is 0.324. The van der Waals surface area contributed by atoms with Crippen molar-refractivity contribution in [3.63, 3.8) is 0 Å². The Morgan fingerprint density at radius 2 is 1.63 bits per heavy atom. The van der Waals surface area contributed by atoms with Crippen LogP contribution >= 0.6 is 11.6 Å². The molecule has 5 rings (SSSR count). The highest BCUT2D eigenvalue weighted by Crippen LogP contribution is 2.38. The summed E-state index contributed by atoms with van der Waals surface area (Å²) >= 11 is 5.93. The molecule has 2 fully saturated rings. The van der Waals surface area contributed by atoms with Gasteiger partial charge in [-0.15, -0.1) is 0 Å². The van der Waals surface area contributed by atoms with E-state index in [2.05, 4.69) is 6.58 Å². The Morgan fingerprint density at radius 3 is 2.26 bits per heavy atom. The maximum atomic E-state index is 13.6. The highest BCUT2D eigenvalue weighted by atomic mass is 35.5. The minimum absolute atomic E-state index is 0.240. The van der Waals surface area contributed by atoms with Crippen LogP contribution in [0.1, 0.15) is 17.2 Å². The third-order valence-electron chi connectivity index (χ3n) is 6.57. The summed E-state index contributed by atoms with van der Waals surface area (Å²) in [5.74, 6) is 1.70. The van der Waals surface area contributed by atoms with Gasteiger partial charge in [0.2, 0.25) is 0 Å². The first kappa shape index (κ1) is 25.8. The van der Waals surface area contributed by atoms with Crippen molar-refractivity contribution in [2.24, 2.45) is 0 Å². The van der Waals surface area contributed by atoms with E-state index >= 15 is 0 Å². The molecule has 6 nitrogen and oxygen atoms in total. The minimum Gasteiger partial charge on any atom is -0.478 e. The number of amides is 2. The summed E-state index contributed by atoms with van der Waals surface area (Å²) in [5.41, 5.74) is 0.210. The van der Waals surface area contributed by atoms with Crippen molar-refractivity contribution in [2.45, 2.75) is 12.2 Å². The predicted octanol–water partition coefficient (Wildman–Crippen LogP) is 6.94. The van der Waals surface area contributed by atoms with Crippen molar-refractivity contribution in [3.8, 4) is 11.5 Å². The standard InChI is InChI=1S/C28H25ClF3N3O3/c1-19-33(15-16-37-19)13-14-34-18-26(20-3-2-4-21(17-20)28(30,31)32)35(27(34)36)23-7-11-25(12-8-23)38-24-9-5-22(29)6-10-24/h2-12,17,26H,1,13-16,18H2. The molecule has 198 valence electrons. The molecule has 1 unspecified atom stereocenters. The molecule has 0 saturated carbocycles. The van der Waals surface area contributed by atoms with E-state index in [1.165, 1.54) is 11.0 Å². The van der Waals surface area contributed by atoms with E-state index in [0.29, 0.717) is 59.9 Å². The number of halogens is 4. The van der Waals surface area contributed by atoms with Crippen molar-refractivity contribution in [1.29, 1.82) is 0 Å². The number of nitrogens with zero attached hydrogens (tertiary/aromatic N) is 3. The van der Waals surface area contributed by atoms with Crippen LogP contribution in [-0.4, -0.2) is 48.6 Å². The summed E-state index contributed by atoms with van der Waals surface area (Å²) in [6, 6.07) is 18.0. The third kappa shape index (κ3) is 5.52. The number of alkyl halides is 3. The van der Waals surface area contributed by atoms with Gasteiger partial charge in [0, 0.05) is 30.3 Å². The van der Waals surface area contributed by atoms with Crippen LogP contribution in [0.15, 0.2) is 85.3 Å². The van der Waals surface area contributed by atoms with E-state index in [1.807, 2.05) is 4.90 Å². The molecule has 0 aromatic heterocycles. The number of carbonyl (C=O) groups is 1. The van der Waals surface area contributed by atoms with Crippen LogP contribution in [0.25, 0.3) is 0 Å². The zero-order valence-corrected chi connectivity index (χ0v) is 21.1. The summed E-state index contributed by atoms with van der Waals surface area (Å²) in [6.45, 7) is 6.22. The molecule has 2 amide bonds. The van der Waals surface area contributed by atoms with Gasteiger partial charge in [-0.1, -0.05) is 23.7 Å². The molecule has 0 spiro atoms. The lowest BCUT2D eigenvalue weighted by Gasteiger charge is -2.24. The first-order valence-electron chi connectivity index (χ1n) is 12.0. The van der Waals surface area contributed by atoms with Gasteiger partial charge in [-0.05, 0) is 72.8 Å². The first-order valence-corrected chi connectivity index (χ1v) is 12.4. The number of anilines is 1. The SMILES string of the molecule is C=C1OCCN1CCN1CC(c2cccc(C(F)(F)F)c2)N(c2ccc(Oc3ccc(Cl)cc3)cc2)C1=O. The van der Waals surface area contributed by atoms with E-state index in [4.69, 9.17) is 21.1 Å². The Labute approximate surface area is 223 Å². The number of urea groups is 1. The fourth-order valence-electron chi connectivity index (χ4n) is 4.59. The molecule has 0 radical (unpaired) electrons. The van der Waals surface area contributed by atoms with Gasteiger partial charge in [-0.25, -0.2) is 4.79 Å². The van der Waals surface area contributed by atoms with Crippen LogP contribution in [0.4, 0.5) is 23.7 Å². The average molecular weight is 544 g/mol.